The van der Waals surface area contributed by atoms with Crippen LogP contribution in [0.25, 0.3) is 65.7 Å². The van der Waals surface area contributed by atoms with Gasteiger partial charge in [0.15, 0.2) is 0 Å². The average Bonchev–Trinajstić information content (AvgIpc) is 3.25. The molecule has 0 spiro atoms. The van der Waals surface area contributed by atoms with E-state index in [9.17, 15) is 0 Å². The fraction of sp³-hybridized carbons (Fsp3) is 0. The Morgan fingerprint density at radius 2 is 1.18 bits per heavy atom. The van der Waals surface area contributed by atoms with E-state index in [1.54, 1.807) is 0 Å². The largest absolute Gasteiger partial charge is 0.456 e. The van der Waals surface area contributed by atoms with E-state index in [1.165, 1.54) is 38.2 Å². The molecule has 0 aliphatic carbocycles. The van der Waals surface area contributed by atoms with E-state index in [4.69, 9.17) is 9.15 Å². The first-order valence-corrected chi connectivity index (χ1v) is 11.5. The number of fused-ring (bicyclic) bond motifs is 6. The zero-order chi connectivity index (χ0) is 22.2. The standard InChI is InChI=1S/C32H18O2/c1-2-8-20-18-30-26(16-19(20)7-1)32-23(11-6-14-29(32)34-30)22-15-21-9-5-13-28-31(21)25(17-22)24-10-3-4-12-27(24)33-28/h1-18H. The maximum Gasteiger partial charge on any atom is 0.136 e. The summed E-state index contributed by atoms with van der Waals surface area (Å²) in [5, 5.41) is 7.06. The SMILES string of the molecule is c1ccc2c(c1)Oc1cccc3cc(-c4cccc5oc6cc7ccccc7cc6c45)cc-2c13. The fourth-order valence-corrected chi connectivity index (χ4v) is 5.50. The maximum absolute atomic E-state index is 6.33. The van der Waals surface area contributed by atoms with Crippen molar-refractivity contribution in [2.45, 2.75) is 0 Å². The first-order valence-electron chi connectivity index (χ1n) is 11.5. The molecule has 0 radical (unpaired) electrons. The summed E-state index contributed by atoms with van der Waals surface area (Å²) in [7, 11) is 0. The van der Waals surface area contributed by atoms with Crippen molar-refractivity contribution in [2.24, 2.45) is 0 Å². The maximum atomic E-state index is 6.33. The Hall–Kier alpha value is -4.56. The molecule has 34 heavy (non-hydrogen) atoms. The Bertz CT molecular complexity index is 1940. The Kier molecular flexibility index (Phi) is 3.42. The van der Waals surface area contributed by atoms with Crippen molar-refractivity contribution in [3.63, 3.8) is 0 Å². The van der Waals surface area contributed by atoms with Crippen molar-refractivity contribution in [1.82, 2.24) is 0 Å². The van der Waals surface area contributed by atoms with Crippen LogP contribution in [0.3, 0.4) is 0 Å². The molecule has 6 aromatic carbocycles. The minimum Gasteiger partial charge on any atom is -0.456 e. The van der Waals surface area contributed by atoms with E-state index < -0.39 is 0 Å². The second kappa shape index (κ2) is 6.49. The van der Waals surface area contributed by atoms with Gasteiger partial charge in [-0.1, -0.05) is 66.7 Å². The average molecular weight is 434 g/mol. The highest BCUT2D eigenvalue weighted by molar-refractivity contribution is 6.17. The molecular formula is C32H18O2. The number of ether oxygens (including phenoxy) is 1. The highest BCUT2D eigenvalue weighted by Gasteiger charge is 2.21. The third-order valence-electron chi connectivity index (χ3n) is 7.01. The summed E-state index contributed by atoms with van der Waals surface area (Å²) in [5.74, 6) is 1.81. The smallest absolute Gasteiger partial charge is 0.136 e. The molecule has 7 aromatic rings. The van der Waals surface area contributed by atoms with Crippen LogP contribution >= 0.6 is 0 Å². The van der Waals surface area contributed by atoms with Gasteiger partial charge in [-0.05, 0) is 75.3 Å². The molecule has 2 heteroatoms. The lowest BCUT2D eigenvalue weighted by Crippen LogP contribution is -1.97. The van der Waals surface area contributed by atoms with Crippen LogP contribution in [0.2, 0.25) is 0 Å². The zero-order valence-electron chi connectivity index (χ0n) is 18.2. The summed E-state index contributed by atoms with van der Waals surface area (Å²) < 4.78 is 12.6. The Labute approximate surface area is 195 Å². The van der Waals surface area contributed by atoms with Crippen LogP contribution in [0.1, 0.15) is 0 Å². The number of benzene rings is 6. The number of hydrogen-bond donors (Lipinski definition) is 0. The summed E-state index contributed by atoms with van der Waals surface area (Å²) >= 11 is 0. The zero-order valence-corrected chi connectivity index (χ0v) is 18.2. The summed E-state index contributed by atoms with van der Waals surface area (Å²) in [4.78, 5) is 0. The molecule has 1 aromatic heterocycles. The van der Waals surface area contributed by atoms with E-state index in [-0.39, 0.29) is 0 Å². The van der Waals surface area contributed by atoms with Gasteiger partial charge in [-0.15, -0.1) is 0 Å². The molecule has 0 N–H and O–H groups in total. The topological polar surface area (TPSA) is 22.4 Å². The van der Waals surface area contributed by atoms with Crippen molar-refractivity contribution in [1.29, 1.82) is 0 Å². The van der Waals surface area contributed by atoms with Crippen LogP contribution in [0.15, 0.2) is 114 Å². The lowest BCUT2D eigenvalue weighted by atomic mass is 9.89. The van der Waals surface area contributed by atoms with Crippen molar-refractivity contribution in [3.05, 3.63) is 109 Å². The molecular weight excluding hydrogens is 416 g/mol. The number of hydrogen-bond acceptors (Lipinski definition) is 2. The van der Waals surface area contributed by atoms with Crippen LogP contribution in [-0.2, 0) is 0 Å². The van der Waals surface area contributed by atoms with E-state index in [2.05, 4.69) is 97.1 Å². The first-order chi connectivity index (χ1) is 16.8. The molecule has 2 nitrogen and oxygen atoms in total. The molecule has 0 atom stereocenters. The van der Waals surface area contributed by atoms with Crippen LogP contribution in [0, 0.1) is 0 Å². The fourth-order valence-electron chi connectivity index (χ4n) is 5.50. The summed E-state index contributed by atoms with van der Waals surface area (Å²) in [6.07, 6.45) is 0. The van der Waals surface area contributed by atoms with Crippen LogP contribution in [0.5, 0.6) is 11.5 Å². The lowest BCUT2D eigenvalue weighted by Gasteiger charge is -2.22. The van der Waals surface area contributed by atoms with Crippen molar-refractivity contribution < 1.29 is 9.15 Å². The number of furan rings is 1. The van der Waals surface area contributed by atoms with E-state index in [0.29, 0.717) is 0 Å². The minimum absolute atomic E-state index is 0.901. The normalized spacial score (nSPS) is 12.4. The second-order valence-corrected chi connectivity index (χ2v) is 8.95. The number of rotatable bonds is 1. The summed E-state index contributed by atoms with van der Waals surface area (Å²) in [6, 6.07) is 38.4. The third-order valence-corrected chi connectivity index (χ3v) is 7.01. The highest BCUT2D eigenvalue weighted by Crippen LogP contribution is 2.48. The van der Waals surface area contributed by atoms with Crippen LogP contribution < -0.4 is 4.74 Å². The molecule has 0 fully saturated rings. The van der Waals surface area contributed by atoms with Gasteiger partial charge in [-0.3, -0.25) is 0 Å². The van der Waals surface area contributed by atoms with Crippen LogP contribution in [0.4, 0.5) is 0 Å². The van der Waals surface area contributed by atoms with Crippen molar-refractivity contribution in [2.75, 3.05) is 0 Å². The summed E-state index contributed by atoms with van der Waals surface area (Å²) in [6.45, 7) is 0. The second-order valence-electron chi connectivity index (χ2n) is 8.95. The van der Waals surface area contributed by atoms with Gasteiger partial charge in [0.05, 0.1) is 0 Å². The molecule has 158 valence electrons. The molecule has 0 unspecified atom stereocenters. The van der Waals surface area contributed by atoms with Gasteiger partial charge in [0.25, 0.3) is 0 Å². The van der Waals surface area contributed by atoms with Crippen molar-refractivity contribution in [3.8, 4) is 33.8 Å². The molecule has 2 heterocycles. The lowest BCUT2D eigenvalue weighted by molar-refractivity contribution is 0.487. The van der Waals surface area contributed by atoms with Crippen molar-refractivity contribution >= 4 is 43.5 Å². The molecule has 0 amide bonds. The van der Waals surface area contributed by atoms with Gasteiger partial charge in [-0.2, -0.15) is 0 Å². The monoisotopic (exact) mass is 434 g/mol. The molecule has 1 aliphatic heterocycles. The highest BCUT2D eigenvalue weighted by atomic mass is 16.5. The van der Waals surface area contributed by atoms with Crippen LogP contribution in [-0.4, -0.2) is 0 Å². The predicted octanol–water partition coefficient (Wildman–Crippen LogP) is 9.33. The van der Waals surface area contributed by atoms with Gasteiger partial charge in [-0.25, -0.2) is 0 Å². The Morgan fingerprint density at radius 3 is 2.12 bits per heavy atom. The van der Waals surface area contributed by atoms with Gasteiger partial charge in [0.1, 0.15) is 22.7 Å². The van der Waals surface area contributed by atoms with E-state index in [0.717, 1.165) is 39.0 Å². The van der Waals surface area contributed by atoms with E-state index in [1.807, 2.05) is 12.1 Å². The van der Waals surface area contributed by atoms with E-state index >= 15 is 0 Å². The molecule has 0 bridgehead atoms. The Balaban J connectivity index is 1.48. The first kappa shape index (κ1) is 17.9. The summed E-state index contributed by atoms with van der Waals surface area (Å²) in [5.41, 5.74) is 6.53. The van der Waals surface area contributed by atoms with Gasteiger partial charge in [0, 0.05) is 21.7 Å². The molecule has 0 saturated carbocycles. The molecule has 1 aliphatic rings. The predicted molar refractivity (Wildman–Crippen MR) is 140 cm³/mol. The minimum atomic E-state index is 0.901. The molecule has 0 saturated heterocycles. The molecule has 8 rings (SSSR count). The number of para-hydroxylation sites is 1. The van der Waals surface area contributed by atoms with Gasteiger partial charge < -0.3 is 9.15 Å². The third kappa shape index (κ3) is 2.40. The quantitative estimate of drug-likeness (QED) is 0.257. The van der Waals surface area contributed by atoms with Gasteiger partial charge >= 0.3 is 0 Å². The van der Waals surface area contributed by atoms with Gasteiger partial charge in [0.2, 0.25) is 0 Å². The Morgan fingerprint density at radius 1 is 0.441 bits per heavy atom.